The Hall–Kier alpha value is -2.61. The topological polar surface area (TPSA) is 30.2 Å². The Balaban J connectivity index is 1.81. The molecule has 1 aromatic heterocycles. The van der Waals surface area contributed by atoms with Crippen LogP contribution in [0.5, 0.6) is 0 Å². The van der Waals surface area contributed by atoms with Gasteiger partial charge < -0.3 is 4.42 Å². The summed E-state index contributed by atoms with van der Waals surface area (Å²) in [5.74, 6) is 1.83. The van der Waals surface area contributed by atoms with E-state index in [-0.39, 0.29) is 5.63 Å². The van der Waals surface area contributed by atoms with Gasteiger partial charge in [-0.25, -0.2) is 4.79 Å². The molecule has 1 fully saturated rings. The average Bonchev–Trinajstić information content (AvgIpc) is 3.25. The molecule has 25 heavy (non-hydrogen) atoms. The molecule has 1 heterocycles. The van der Waals surface area contributed by atoms with Crippen molar-refractivity contribution >= 4 is 0 Å². The van der Waals surface area contributed by atoms with Gasteiger partial charge in [0.05, 0.1) is 5.56 Å². The Morgan fingerprint density at radius 3 is 2.24 bits per heavy atom. The molecule has 2 aliphatic carbocycles. The van der Waals surface area contributed by atoms with Gasteiger partial charge >= 0.3 is 5.63 Å². The number of hydrogen-bond acceptors (Lipinski definition) is 2. The van der Waals surface area contributed by atoms with Crippen LogP contribution in [-0.4, -0.2) is 0 Å². The third kappa shape index (κ3) is 2.21. The molecule has 0 aliphatic heterocycles. The van der Waals surface area contributed by atoms with Gasteiger partial charge in [0, 0.05) is 11.1 Å². The average molecular weight is 328 g/mol. The van der Waals surface area contributed by atoms with Gasteiger partial charge in [0.15, 0.2) is 0 Å². The molecule has 3 aromatic rings. The Kier molecular flexibility index (Phi) is 3.21. The zero-order chi connectivity index (χ0) is 17.0. The van der Waals surface area contributed by atoms with Gasteiger partial charge in [0.1, 0.15) is 5.76 Å². The van der Waals surface area contributed by atoms with E-state index in [9.17, 15) is 4.79 Å². The molecule has 0 saturated heterocycles. The first-order valence-electron chi connectivity index (χ1n) is 9.05. The predicted octanol–water partition coefficient (Wildman–Crippen LogP) is 5.65. The molecular formula is C23H20O2. The molecule has 2 aromatic carbocycles. The molecule has 2 nitrogen and oxygen atoms in total. The van der Waals surface area contributed by atoms with Crippen LogP contribution in [0, 0.1) is 6.92 Å². The van der Waals surface area contributed by atoms with Gasteiger partial charge in [-0.15, -0.1) is 0 Å². The van der Waals surface area contributed by atoms with Crippen molar-refractivity contribution in [1.29, 1.82) is 0 Å². The van der Waals surface area contributed by atoms with Crippen molar-refractivity contribution in [2.45, 2.75) is 38.0 Å². The van der Waals surface area contributed by atoms with Crippen LogP contribution in [0.3, 0.4) is 0 Å². The van der Waals surface area contributed by atoms with Crippen molar-refractivity contribution in [2.24, 2.45) is 0 Å². The lowest BCUT2D eigenvalue weighted by atomic mass is 9.85. The second-order valence-electron chi connectivity index (χ2n) is 7.36. The molecule has 0 amide bonds. The largest absolute Gasteiger partial charge is 0.422 e. The second-order valence-corrected chi connectivity index (χ2v) is 7.36. The minimum atomic E-state index is -0.201. The third-order valence-electron chi connectivity index (χ3n) is 5.83. The summed E-state index contributed by atoms with van der Waals surface area (Å²) in [5.41, 5.74) is 6.35. The molecule has 2 atom stereocenters. The highest BCUT2D eigenvalue weighted by molar-refractivity contribution is 5.76. The zero-order valence-electron chi connectivity index (χ0n) is 14.3. The smallest absolute Gasteiger partial charge is 0.344 e. The van der Waals surface area contributed by atoms with Crippen LogP contribution in [0.1, 0.15) is 47.8 Å². The highest BCUT2D eigenvalue weighted by Crippen LogP contribution is 2.57. The van der Waals surface area contributed by atoms with E-state index in [1.807, 2.05) is 30.3 Å². The van der Waals surface area contributed by atoms with Crippen molar-refractivity contribution in [2.75, 3.05) is 0 Å². The maximum atomic E-state index is 13.0. The third-order valence-corrected chi connectivity index (χ3v) is 5.83. The van der Waals surface area contributed by atoms with Gasteiger partial charge in [-0.2, -0.15) is 0 Å². The number of fused-ring (bicyclic) bond motifs is 5. The van der Waals surface area contributed by atoms with Crippen molar-refractivity contribution < 1.29 is 4.42 Å². The molecule has 1 saturated carbocycles. The van der Waals surface area contributed by atoms with Crippen molar-refractivity contribution in [3.63, 3.8) is 0 Å². The lowest BCUT2D eigenvalue weighted by Crippen LogP contribution is -2.13. The van der Waals surface area contributed by atoms with E-state index >= 15 is 0 Å². The molecule has 2 bridgehead atoms. The first-order valence-corrected chi connectivity index (χ1v) is 9.05. The van der Waals surface area contributed by atoms with Gasteiger partial charge in [0.25, 0.3) is 0 Å². The summed E-state index contributed by atoms with van der Waals surface area (Å²) in [6.45, 7) is 2.07. The van der Waals surface area contributed by atoms with E-state index in [2.05, 4.69) is 31.2 Å². The number of rotatable bonds is 2. The Bertz CT molecular complexity index is 997. The molecule has 0 spiro atoms. The summed E-state index contributed by atoms with van der Waals surface area (Å²) >= 11 is 0. The molecule has 0 N–H and O–H groups in total. The molecule has 2 unspecified atom stereocenters. The first-order chi connectivity index (χ1) is 12.2. The monoisotopic (exact) mass is 328 g/mol. The number of hydrogen-bond donors (Lipinski definition) is 0. The quantitative estimate of drug-likeness (QED) is 0.609. The van der Waals surface area contributed by atoms with Gasteiger partial charge in [-0.3, -0.25) is 0 Å². The maximum Gasteiger partial charge on any atom is 0.344 e. The highest BCUT2D eigenvalue weighted by atomic mass is 16.4. The fourth-order valence-corrected chi connectivity index (χ4v) is 4.70. The maximum absolute atomic E-state index is 13.0. The van der Waals surface area contributed by atoms with E-state index in [4.69, 9.17) is 4.42 Å². The normalized spacial score (nSPS) is 20.7. The first kappa shape index (κ1) is 14.7. The van der Waals surface area contributed by atoms with Crippen LogP contribution in [0.15, 0.2) is 63.8 Å². The van der Waals surface area contributed by atoms with E-state index in [0.29, 0.717) is 11.8 Å². The van der Waals surface area contributed by atoms with E-state index in [1.54, 1.807) is 0 Å². The lowest BCUT2D eigenvalue weighted by molar-refractivity contribution is 0.512. The fourth-order valence-electron chi connectivity index (χ4n) is 4.70. The molecule has 5 rings (SSSR count). The van der Waals surface area contributed by atoms with Gasteiger partial charge in [-0.1, -0.05) is 60.2 Å². The second kappa shape index (κ2) is 5.45. The molecule has 0 radical (unpaired) electrons. The van der Waals surface area contributed by atoms with Gasteiger partial charge in [0.2, 0.25) is 0 Å². The minimum absolute atomic E-state index is 0.201. The van der Waals surface area contributed by atoms with Gasteiger partial charge in [-0.05, 0) is 49.1 Å². The predicted molar refractivity (Wildman–Crippen MR) is 99.9 cm³/mol. The molecule has 124 valence electrons. The van der Waals surface area contributed by atoms with E-state index in [0.717, 1.165) is 28.9 Å². The lowest BCUT2D eigenvalue weighted by Gasteiger charge is -2.21. The SMILES string of the molecule is Cc1ccc(-c2oc(=O)c(-c3ccccc3)c3c2C2CCC3C2)cc1. The summed E-state index contributed by atoms with van der Waals surface area (Å²) in [4.78, 5) is 13.0. The molecule has 2 aliphatic rings. The number of aryl methyl sites for hydroxylation is 1. The standard InChI is InChI=1S/C23H20O2/c1-14-7-9-16(10-8-14)22-20-18-12-11-17(13-18)19(20)21(23(24)25-22)15-5-3-2-4-6-15/h2-10,17-18H,11-13H2,1H3. The summed E-state index contributed by atoms with van der Waals surface area (Å²) in [5, 5.41) is 0. The van der Waals surface area contributed by atoms with Crippen LogP contribution in [0.25, 0.3) is 22.5 Å². The number of benzene rings is 2. The van der Waals surface area contributed by atoms with Crippen LogP contribution >= 0.6 is 0 Å². The summed E-state index contributed by atoms with van der Waals surface area (Å²) < 4.78 is 5.93. The minimum Gasteiger partial charge on any atom is -0.422 e. The zero-order valence-corrected chi connectivity index (χ0v) is 14.3. The van der Waals surface area contributed by atoms with E-state index in [1.165, 1.54) is 29.5 Å². The van der Waals surface area contributed by atoms with E-state index < -0.39 is 0 Å². The Morgan fingerprint density at radius 1 is 0.840 bits per heavy atom. The van der Waals surface area contributed by atoms with Crippen molar-refractivity contribution in [1.82, 2.24) is 0 Å². The Labute approximate surface area is 147 Å². The summed E-state index contributed by atoms with van der Waals surface area (Å²) in [6, 6.07) is 18.3. The van der Waals surface area contributed by atoms with Crippen LogP contribution in [0.2, 0.25) is 0 Å². The van der Waals surface area contributed by atoms with Crippen molar-refractivity contribution in [3.8, 4) is 22.5 Å². The summed E-state index contributed by atoms with van der Waals surface area (Å²) in [7, 11) is 0. The molecular weight excluding hydrogens is 308 g/mol. The van der Waals surface area contributed by atoms with Crippen LogP contribution in [-0.2, 0) is 0 Å². The van der Waals surface area contributed by atoms with Crippen LogP contribution in [0.4, 0.5) is 0 Å². The van der Waals surface area contributed by atoms with Crippen LogP contribution < -0.4 is 5.63 Å². The van der Waals surface area contributed by atoms with Crippen molar-refractivity contribution in [3.05, 3.63) is 81.7 Å². The fraction of sp³-hybridized carbons (Fsp3) is 0.261. The Morgan fingerprint density at radius 2 is 1.52 bits per heavy atom. The summed E-state index contributed by atoms with van der Waals surface area (Å²) in [6.07, 6.45) is 3.56. The highest BCUT2D eigenvalue weighted by Gasteiger charge is 2.42. The molecule has 2 heteroatoms.